The highest BCUT2D eigenvalue weighted by Gasteiger charge is 2.42. The third kappa shape index (κ3) is 1.56. The Hall–Kier alpha value is -0.610. The molecule has 1 atom stereocenters. The fourth-order valence-corrected chi connectivity index (χ4v) is 1.94. The van der Waals surface area contributed by atoms with Gasteiger partial charge in [-0.1, -0.05) is 6.92 Å². The van der Waals surface area contributed by atoms with Gasteiger partial charge in [0.1, 0.15) is 6.04 Å². The number of carbonyl (C=O) groups is 1. The predicted octanol–water partition coefficient (Wildman–Crippen LogP) is 0.182. The van der Waals surface area contributed by atoms with Gasteiger partial charge in [-0.05, 0) is 6.42 Å². The van der Waals surface area contributed by atoms with Crippen LogP contribution in [0.3, 0.4) is 0 Å². The van der Waals surface area contributed by atoms with E-state index in [1.807, 2.05) is 4.90 Å². The summed E-state index contributed by atoms with van der Waals surface area (Å²) in [6, 6.07) is -0.238. The molecular formula is C9H15NO3. The Morgan fingerprint density at radius 2 is 2.38 bits per heavy atom. The van der Waals surface area contributed by atoms with E-state index in [4.69, 9.17) is 9.84 Å². The quantitative estimate of drug-likeness (QED) is 0.681. The molecule has 0 aromatic carbocycles. The van der Waals surface area contributed by atoms with Gasteiger partial charge in [0.15, 0.2) is 0 Å². The minimum absolute atomic E-state index is 0.203. The Balaban J connectivity index is 1.85. The summed E-state index contributed by atoms with van der Waals surface area (Å²) < 4.78 is 5.13. The van der Waals surface area contributed by atoms with Crippen molar-refractivity contribution >= 4 is 5.97 Å². The van der Waals surface area contributed by atoms with Crippen LogP contribution in [-0.4, -0.2) is 48.3 Å². The number of rotatable bonds is 3. The summed E-state index contributed by atoms with van der Waals surface area (Å²) in [5.41, 5.74) is 0.203. The second-order valence-corrected chi connectivity index (χ2v) is 4.42. The van der Waals surface area contributed by atoms with Crippen LogP contribution in [0, 0.1) is 5.41 Å². The number of aliphatic carboxylic acids is 1. The van der Waals surface area contributed by atoms with E-state index in [0.717, 1.165) is 32.7 Å². The van der Waals surface area contributed by atoms with Crippen LogP contribution in [0.4, 0.5) is 0 Å². The number of nitrogens with zero attached hydrogens (tertiary/aromatic N) is 1. The van der Waals surface area contributed by atoms with Crippen molar-refractivity contribution in [3.8, 4) is 0 Å². The average Bonchev–Trinajstić information content (AvgIpc) is 1.93. The van der Waals surface area contributed by atoms with Gasteiger partial charge in [-0.3, -0.25) is 9.69 Å². The van der Waals surface area contributed by atoms with Gasteiger partial charge in [0.25, 0.3) is 0 Å². The van der Waals surface area contributed by atoms with Gasteiger partial charge in [0.05, 0.1) is 13.2 Å². The molecule has 0 aliphatic carbocycles. The molecule has 2 rings (SSSR count). The van der Waals surface area contributed by atoms with Crippen molar-refractivity contribution in [3.63, 3.8) is 0 Å². The molecule has 1 unspecified atom stereocenters. The van der Waals surface area contributed by atoms with Gasteiger partial charge in [-0.25, -0.2) is 0 Å². The minimum atomic E-state index is -0.685. The van der Waals surface area contributed by atoms with Gasteiger partial charge < -0.3 is 9.84 Å². The van der Waals surface area contributed by atoms with Gasteiger partial charge in [0.2, 0.25) is 0 Å². The second-order valence-electron chi connectivity index (χ2n) is 4.42. The third-order valence-electron chi connectivity index (χ3n) is 2.90. The molecule has 4 nitrogen and oxygen atoms in total. The molecule has 0 radical (unpaired) electrons. The molecule has 2 aliphatic heterocycles. The highest BCUT2D eigenvalue weighted by Crippen LogP contribution is 2.31. The highest BCUT2D eigenvalue weighted by atomic mass is 16.5. The molecule has 0 amide bonds. The van der Waals surface area contributed by atoms with Crippen LogP contribution >= 0.6 is 0 Å². The van der Waals surface area contributed by atoms with Gasteiger partial charge in [-0.15, -0.1) is 0 Å². The van der Waals surface area contributed by atoms with E-state index in [1.165, 1.54) is 0 Å². The normalized spacial score (nSPS) is 31.9. The lowest BCUT2D eigenvalue weighted by atomic mass is 9.86. The molecule has 2 aliphatic rings. The molecule has 74 valence electrons. The first kappa shape index (κ1) is 8.97. The lowest BCUT2D eigenvalue weighted by molar-refractivity contribution is -0.158. The van der Waals surface area contributed by atoms with Gasteiger partial charge in [0, 0.05) is 18.5 Å². The summed E-state index contributed by atoms with van der Waals surface area (Å²) in [5, 5.41) is 8.82. The molecule has 1 N–H and O–H groups in total. The van der Waals surface area contributed by atoms with Crippen molar-refractivity contribution in [2.75, 3.05) is 26.3 Å². The lowest BCUT2D eigenvalue weighted by Gasteiger charge is -2.47. The molecule has 2 saturated heterocycles. The number of likely N-dealkylation sites (tertiary alicyclic amines) is 1. The standard InChI is InChI=1S/C9H15NO3/c1-9(5-13-6-9)4-10-3-2-7(10)8(11)12/h7H,2-6H2,1H3,(H,11,12). The smallest absolute Gasteiger partial charge is 0.320 e. The largest absolute Gasteiger partial charge is 0.480 e. The summed E-state index contributed by atoms with van der Waals surface area (Å²) in [4.78, 5) is 12.7. The van der Waals surface area contributed by atoms with Crippen molar-refractivity contribution in [1.29, 1.82) is 0 Å². The molecule has 0 aromatic heterocycles. The summed E-state index contributed by atoms with van der Waals surface area (Å²) in [6.07, 6.45) is 0.798. The van der Waals surface area contributed by atoms with Crippen LogP contribution in [0.15, 0.2) is 0 Å². The van der Waals surface area contributed by atoms with Crippen molar-refractivity contribution in [1.82, 2.24) is 4.90 Å². The van der Waals surface area contributed by atoms with Crippen molar-refractivity contribution in [2.45, 2.75) is 19.4 Å². The first-order chi connectivity index (χ1) is 6.11. The van der Waals surface area contributed by atoms with Crippen molar-refractivity contribution < 1.29 is 14.6 Å². The first-order valence-corrected chi connectivity index (χ1v) is 4.65. The number of hydrogen-bond donors (Lipinski definition) is 1. The van der Waals surface area contributed by atoms with Crippen LogP contribution in [0.2, 0.25) is 0 Å². The maximum Gasteiger partial charge on any atom is 0.320 e. The highest BCUT2D eigenvalue weighted by molar-refractivity contribution is 5.74. The fourth-order valence-electron chi connectivity index (χ4n) is 1.94. The number of hydrogen-bond acceptors (Lipinski definition) is 3. The van der Waals surface area contributed by atoms with Gasteiger partial charge in [-0.2, -0.15) is 0 Å². The molecule has 0 saturated carbocycles. The monoisotopic (exact) mass is 185 g/mol. The Morgan fingerprint density at radius 1 is 1.69 bits per heavy atom. The Labute approximate surface area is 77.5 Å². The fraction of sp³-hybridized carbons (Fsp3) is 0.889. The number of carboxylic acids is 1. The zero-order valence-corrected chi connectivity index (χ0v) is 7.82. The summed E-state index contributed by atoms with van der Waals surface area (Å²) in [6.45, 7) is 5.48. The van der Waals surface area contributed by atoms with Crippen LogP contribution in [-0.2, 0) is 9.53 Å². The van der Waals surface area contributed by atoms with Crippen LogP contribution in [0.1, 0.15) is 13.3 Å². The van der Waals surface area contributed by atoms with Crippen molar-refractivity contribution in [2.24, 2.45) is 5.41 Å². The Kier molecular flexibility index (Phi) is 2.04. The summed E-state index contributed by atoms with van der Waals surface area (Å²) in [7, 11) is 0. The second kappa shape index (κ2) is 2.96. The maximum atomic E-state index is 10.7. The van der Waals surface area contributed by atoms with Crippen molar-refractivity contribution in [3.05, 3.63) is 0 Å². The topological polar surface area (TPSA) is 49.8 Å². The van der Waals surface area contributed by atoms with E-state index in [9.17, 15) is 4.79 Å². The zero-order valence-electron chi connectivity index (χ0n) is 7.82. The van der Waals surface area contributed by atoms with Crippen LogP contribution in [0.25, 0.3) is 0 Å². The molecule has 0 bridgehead atoms. The predicted molar refractivity (Wildman–Crippen MR) is 46.5 cm³/mol. The SMILES string of the molecule is CC1(CN2CCC2C(=O)O)COC1. The Morgan fingerprint density at radius 3 is 2.69 bits per heavy atom. The summed E-state index contributed by atoms with van der Waals surface area (Å²) >= 11 is 0. The van der Waals surface area contributed by atoms with E-state index < -0.39 is 5.97 Å². The van der Waals surface area contributed by atoms with Crippen LogP contribution in [0.5, 0.6) is 0 Å². The van der Waals surface area contributed by atoms with E-state index in [0.29, 0.717) is 0 Å². The van der Waals surface area contributed by atoms with Gasteiger partial charge >= 0.3 is 5.97 Å². The zero-order chi connectivity index (χ0) is 9.47. The molecular weight excluding hydrogens is 170 g/mol. The third-order valence-corrected chi connectivity index (χ3v) is 2.90. The van der Waals surface area contributed by atoms with E-state index in [2.05, 4.69) is 6.92 Å². The average molecular weight is 185 g/mol. The lowest BCUT2D eigenvalue weighted by Crippen LogP contribution is -2.59. The van der Waals surface area contributed by atoms with E-state index in [1.54, 1.807) is 0 Å². The molecule has 2 fully saturated rings. The Bertz CT molecular complexity index is 225. The molecule has 0 spiro atoms. The minimum Gasteiger partial charge on any atom is -0.480 e. The van der Waals surface area contributed by atoms with E-state index >= 15 is 0 Å². The number of carboxylic acid groups (broad SMARTS) is 1. The number of ether oxygens (including phenoxy) is 1. The molecule has 2 heterocycles. The maximum absolute atomic E-state index is 10.7. The molecule has 13 heavy (non-hydrogen) atoms. The molecule has 0 aromatic rings. The summed E-state index contributed by atoms with van der Waals surface area (Å²) in [5.74, 6) is -0.685. The molecule has 4 heteroatoms. The van der Waals surface area contributed by atoms with E-state index in [-0.39, 0.29) is 11.5 Å². The first-order valence-electron chi connectivity index (χ1n) is 4.65. The van der Waals surface area contributed by atoms with Crippen LogP contribution < -0.4 is 0 Å².